The summed E-state index contributed by atoms with van der Waals surface area (Å²) >= 11 is 3.57. The first-order valence-electron chi connectivity index (χ1n) is 6.66. The molecule has 100 valence electrons. The van der Waals surface area contributed by atoms with Gasteiger partial charge >= 0.3 is 0 Å². The van der Waals surface area contributed by atoms with E-state index in [1.54, 1.807) is 0 Å². The summed E-state index contributed by atoms with van der Waals surface area (Å²) in [6.07, 6.45) is 4.10. The summed E-state index contributed by atoms with van der Waals surface area (Å²) in [5.41, 5.74) is 2.29. The van der Waals surface area contributed by atoms with Gasteiger partial charge in [0.15, 0.2) is 0 Å². The van der Waals surface area contributed by atoms with Gasteiger partial charge in [0.1, 0.15) is 0 Å². The zero-order chi connectivity index (χ0) is 13.2. The van der Waals surface area contributed by atoms with Crippen molar-refractivity contribution in [3.8, 4) is 0 Å². The first kappa shape index (κ1) is 13.0. The molecule has 0 spiro atoms. The first-order valence-corrected chi connectivity index (χ1v) is 7.45. The number of benzene rings is 1. The highest BCUT2D eigenvalue weighted by Crippen LogP contribution is 2.26. The molecule has 0 saturated carbocycles. The van der Waals surface area contributed by atoms with E-state index in [1.165, 1.54) is 12.0 Å². The molecule has 0 aliphatic carbocycles. The zero-order valence-corrected chi connectivity index (χ0v) is 12.3. The lowest BCUT2D eigenvalue weighted by Gasteiger charge is -2.23. The van der Waals surface area contributed by atoms with E-state index in [9.17, 15) is 5.11 Å². The standard InChI is InChI=1S/C15H17BrN2O/c16-13-7-11-3-1-5-17-15(11)12(8-13)9-18-6-2-4-14(18)10-19/h1,3,5,7-8,14,19H,2,4,6,9-10H2/t14-/m0/s1. The third-order valence-electron chi connectivity index (χ3n) is 3.83. The summed E-state index contributed by atoms with van der Waals surface area (Å²) in [6, 6.07) is 8.59. The number of aliphatic hydroxyl groups excluding tert-OH is 1. The predicted molar refractivity (Wildman–Crippen MR) is 80.0 cm³/mol. The fourth-order valence-electron chi connectivity index (χ4n) is 2.88. The predicted octanol–water partition coefficient (Wildman–Crippen LogP) is 2.95. The summed E-state index contributed by atoms with van der Waals surface area (Å²) in [5.74, 6) is 0. The van der Waals surface area contributed by atoms with Gasteiger partial charge in [-0.25, -0.2) is 0 Å². The maximum Gasteiger partial charge on any atom is 0.0747 e. The van der Waals surface area contributed by atoms with Crippen LogP contribution in [0.25, 0.3) is 10.9 Å². The van der Waals surface area contributed by atoms with Crippen LogP contribution in [0.1, 0.15) is 18.4 Å². The molecule has 0 amide bonds. The van der Waals surface area contributed by atoms with Gasteiger partial charge in [0.25, 0.3) is 0 Å². The van der Waals surface area contributed by atoms with Crippen LogP contribution in [0.3, 0.4) is 0 Å². The summed E-state index contributed by atoms with van der Waals surface area (Å²) in [5, 5.41) is 10.6. The van der Waals surface area contributed by atoms with Crippen molar-refractivity contribution < 1.29 is 5.11 Å². The molecule has 1 fully saturated rings. The molecule has 1 atom stereocenters. The summed E-state index contributed by atoms with van der Waals surface area (Å²) in [6.45, 7) is 2.17. The number of aliphatic hydroxyl groups is 1. The van der Waals surface area contributed by atoms with Crippen molar-refractivity contribution in [3.05, 3.63) is 40.5 Å². The molecular formula is C15H17BrN2O. The van der Waals surface area contributed by atoms with Crippen molar-refractivity contribution in [2.24, 2.45) is 0 Å². The molecule has 1 aromatic carbocycles. The van der Waals surface area contributed by atoms with Gasteiger partial charge in [0.05, 0.1) is 12.1 Å². The van der Waals surface area contributed by atoms with Crippen molar-refractivity contribution in [2.75, 3.05) is 13.2 Å². The van der Waals surface area contributed by atoms with Crippen LogP contribution in [0.15, 0.2) is 34.9 Å². The number of aromatic nitrogens is 1. The largest absolute Gasteiger partial charge is 0.395 e. The fraction of sp³-hybridized carbons (Fsp3) is 0.400. The average molecular weight is 321 g/mol. The van der Waals surface area contributed by atoms with Gasteiger partial charge in [-0.2, -0.15) is 0 Å². The third-order valence-corrected chi connectivity index (χ3v) is 4.29. The van der Waals surface area contributed by atoms with Gasteiger partial charge in [-0.15, -0.1) is 0 Å². The van der Waals surface area contributed by atoms with Crippen LogP contribution < -0.4 is 0 Å². The number of hydrogen-bond donors (Lipinski definition) is 1. The van der Waals surface area contributed by atoms with Crippen LogP contribution in [0.5, 0.6) is 0 Å². The smallest absolute Gasteiger partial charge is 0.0747 e. The minimum absolute atomic E-state index is 0.249. The SMILES string of the molecule is OC[C@@H]1CCCN1Cc1cc(Br)cc2cccnc12. The molecule has 2 heterocycles. The van der Waals surface area contributed by atoms with Crippen LogP contribution in [0.2, 0.25) is 0 Å². The Morgan fingerprint density at radius 2 is 2.32 bits per heavy atom. The summed E-state index contributed by atoms with van der Waals surface area (Å²) in [4.78, 5) is 6.86. The highest BCUT2D eigenvalue weighted by atomic mass is 79.9. The topological polar surface area (TPSA) is 36.4 Å². The fourth-order valence-corrected chi connectivity index (χ4v) is 3.40. The molecule has 0 unspecified atom stereocenters. The van der Waals surface area contributed by atoms with Crippen LogP contribution in [-0.2, 0) is 6.54 Å². The summed E-state index contributed by atoms with van der Waals surface area (Å²) < 4.78 is 1.09. The Balaban J connectivity index is 1.96. The number of pyridine rings is 1. The Morgan fingerprint density at radius 3 is 3.16 bits per heavy atom. The zero-order valence-electron chi connectivity index (χ0n) is 10.7. The van der Waals surface area contributed by atoms with E-state index in [0.717, 1.165) is 34.9 Å². The minimum Gasteiger partial charge on any atom is -0.395 e. The molecule has 1 aliphatic heterocycles. The van der Waals surface area contributed by atoms with Crippen molar-refractivity contribution in [3.63, 3.8) is 0 Å². The lowest BCUT2D eigenvalue weighted by Crippen LogP contribution is -2.31. The van der Waals surface area contributed by atoms with Crippen molar-refractivity contribution >= 4 is 26.8 Å². The molecule has 3 nitrogen and oxygen atoms in total. The van der Waals surface area contributed by atoms with E-state index in [4.69, 9.17) is 0 Å². The van der Waals surface area contributed by atoms with E-state index in [0.29, 0.717) is 6.04 Å². The van der Waals surface area contributed by atoms with Crippen molar-refractivity contribution in [1.29, 1.82) is 0 Å². The van der Waals surface area contributed by atoms with Gasteiger partial charge in [-0.3, -0.25) is 9.88 Å². The molecule has 0 bridgehead atoms. The second kappa shape index (κ2) is 5.57. The molecule has 19 heavy (non-hydrogen) atoms. The number of hydrogen-bond acceptors (Lipinski definition) is 3. The average Bonchev–Trinajstić information content (AvgIpc) is 2.86. The molecule has 0 radical (unpaired) electrons. The third kappa shape index (κ3) is 2.66. The van der Waals surface area contributed by atoms with E-state index in [-0.39, 0.29) is 6.61 Å². The van der Waals surface area contributed by atoms with Crippen LogP contribution in [0, 0.1) is 0 Å². The number of fused-ring (bicyclic) bond motifs is 1. The highest BCUT2D eigenvalue weighted by Gasteiger charge is 2.24. The normalized spacial score (nSPS) is 20.2. The van der Waals surface area contributed by atoms with E-state index in [1.807, 2.05) is 12.3 Å². The second-order valence-corrected chi connectivity index (χ2v) is 6.00. The molecule has 1 aliphatic rings. The monoisotopic (exact) mass is 320 g/mol. The molecule has 1 N–H and O–H groups in total. The Kier molecular flexibility index (Phi) is 3.82. The van der Waals surface area contributed by atoms with Gasteiger partial charge in [-0.1, -0.05) is 22.0 Å². The second-order valence-electron chi connectivity index (χ2n) is 5.09. The number of likely N-dealkylation sites (tertiary alicyclic amines) is 1. The lowest BCUT2D eigenvalue weighted by molar-refractivity contribution is 0.154. The van der Waals surface area contributed by atoms with Crippen LogP contribution in [-0.4, -0.2) is 34.2 Å². The van der Waals surface area contributed by atoms with E-state index in [2.05, 4.69) is 44.0 Å². The lowest BCUT2D eigenvalue weighted by atomic mass is 10.1. The van der Waals surface area contributed by atoms with Gasteiger partial charge < -0.3 is 5.11 Å². The van der Waals surface area contributed by atoms with Crippen LogP contribution >= 0.6 is 15.9 Å². The van der Waals surface area contributed by atoms with Gasteiger partial charge in [0.2, 0.25) is 0 Å². The molecule has 3 rings (SSSR count). The Morgan fingerprint density at radius 1 is 1.42 bits per heavy atom. The van der Waals surface area contributed by atoms with E-state index >= 15 is 0 Å². The van der Waals surface area contributed by atoms with Crippen molar-refractivity contribution in [2.45, 2.75) is 25.4 Å². The van der Waals surface area contributed by atoms with Crippen molar-refractivity contribution in [1.82, 2.24) is 9.88 Å². The van der Waals surface area contributed by atoms with Gasteiger partial charge in [0, 0.05) is 28.6 Å². The first-order chi connectivity index (χ1) is 9.28. The Bertz CT molecular complexity index is 587. The van der Waals surface area contributed by atoms with Crippen LogP contribution in [0.4, 0.5) is 0 Å². The Hall–Kier alpha value is -0.970. The number of rotatable bonds is 3. The maximum absolute atomic E-state index is 9.42. The van der Waals surface area contributed by atoms with E-state index < -0.39 is 0 Å². The molecule has 4 heteroatoms. The maximum atomic E-state index is 9.42. The number of nitrogens with zero attached hydrogens (tertiary/aromatic N) is 2. The molecule has 1 saturated heterocycles. The molecular weight excluding hydrogens is 304 g/mol. The summed E-state index contributed by atoms with van der Waals surface area (Å²) in [7, 11) is 0. The number of halogens is 1. The molecule has 1 aromatic heterocycles. The van der Waals surface area contributed by atoms with Gasteiger partial charge in [-0.05, 0) is 43.1 Å². The molecule has 2 aromatic rings. The minimum atomic E-state index is 0.249. The highest BCUT2D eigenvalue weighted by molar-refractivity contribution is 9.10. The Labute approximate surface area is 121 Å². The quantitative estimate of drug-likeness (QED) is 0.944.